The second-order valence-electron chi connectivity index (χ2n) is 4.84. The van der Waals surface area contributed by atoms with Gasteiger partial charge < -0.3 is 20.6 Å². The maximum atomic E-state index is 13.1. The van der Waals surface area contributed by atoms with Crippen LogP contribution in [0.1, 0.15) is 0 Å². The van der Waals surface area contributed by atoms with E-state index in [9.17, 15) is 23.1 Å². The molecule has 0 aliphatic carbocycles. The molecule has 0 aromatic rings. The van der Waals surface area contributed by atoms with Gasteiger partial charge in [-0.15, -0.1) is 0 Å². The number of fused-ring (bicyclic) bond motifs is 2. The minimum atomic E-state index is -4.67. The van der Waals surface area contributed by atoms with Gasteiger partial charge in [-0.25, -0.2) is 4.79 Å². The molecule has 0 aromatic heterocycles. The number of aliphatic hydroxyl groups is 1. The van der Waals surface area contributed by atoms with Crippen molar-refractivity contribution in [2.45, 2.75) is 11.8 Å². The maximum Gasteiger partial charge on any atom is 0.417 e. The van der Waals surface area contributed by atoms with E-state index in [4.69, 9.17) is 0 Å². The van der Waals surface area contributed by atoms with Crippen molar-refractivity contribution in [2.24, 2.45) is 11.8 Å². The van der Waals surface area contributed by atoms with Crippen LogP contribution in [0.3, 0.4) is 0 Å². The smallest absolute Gasteiger partial charge is 0.380 e. The van der Waals surface area contributed by atoms with E-state index < -0.39 is 29.6 Å². The summed E-state index contributed by atoms with van der Waals surface area (Å²) in [4.78, 5) is 12.8. The quantitative estimate of drug-likeness (QED) is 0.568. The van der Waals surface area contributed by atoms with E-state index in [1.807, 2.05) is 0 Å². The molecule has 2 unspecified atom stereocenters. The number of piperidine rings is 2. The second-order valence-corrected chi connectivity index (χ2v) is 4.84. The number of nitrogens with zero attached hydrogens (tertiary/aromatic N) is 1. The van der Waals surface area contributed by atoms with E-state index in [-0.39, 0.29) is 26.2 Å². The summed E-state index contributed by atoms with van der Waals surface area (Å²) in [5.74, 6) is -2.05. The molecule has 3 N–H and O–H groups in total. The molecule has 2 bridgehead atoms. The van der Waals surface area contributed by atoms with Gasteiger partial charge in [-0.05, 0) is 0 Å². The zero-order valence-corrected chi connectivity index (χ0v) is 9.92. The lowest BCUT2D eigenvalue weighted by Crippen LogP contribution is -2.72. The molecule has 2 rings (SSSR count). The fraction of sp³-hybridized carbons (Fsp3) is 0.900. The highest BCUT2D eigenvalue weighted by molar-refractivity contribution is 5.74. The van der Waals surface area contributed by atoms with E-state index in [2.05, 4.69) is 10.6 Å². The molecular formula is C10H16F3N3O2. The van der Waals surface area contributed by atoms with Gasteiger partial charge in [0.25, 0.3) is 0 Å². The highest BCUT2D eigenvalue weighted by atomic mass is 19.4. The SMILES string of the molecule is CNC(=O)N1CC2CNCC(C1)C2(O)C(F)(F)F. The zero-order chi connectivity index (χ0) is 13.6. The summed E-state index contributed by atoms with van der Waals surface area (Å²) in [5.41, 5.74) is -2.69. The van der Waals surface area contributed by atoms with Gasteiger partial charge in [0.05, 0.1) is 0 Å². The third-order valence-corrected chi connectivity index (χ3v) is 3.86. The first-order valence-electron chi connectivity index (χ1n) is 5.77. The molecular weight excluding hydrogens is 251 g/mol. The average molecular weight is 267 g/mol. The summed E-state index contributed by atoms with van der Waals surface area (Å²) in [6.45, 7) is -0.0849. The van der Waals surface area contributed by atoms with Gasteiger partial charge in [0, 0.05) is 45.1 Å². The monoisotopic (exact) mass is 267 g/mol. The molecule has 2 aliphatic heterocycles. The van der Waals surface area contributed by atoms with Gasteiger partial charge in [0.15, 0.2) is 5.60 Å². The van der Waals surface area contributed by atoms with Gasteiger partial charge in [-0.2, -0.15) is 13.2 Å². The molecule has 2 saturated heterocycles. The van der Waals surface area contributed by atoms with Crippen molar-refractivity contribution < 1.29 is 23.1 Å². The highest BCUT2D eigenvalue weighted by Crippen LogP contribution is 2.46. The largest absolute Gasteiger partial charge is 0.417 e. The molecule has 104 valence electrons. The zero-order valence-electron chi connectivity index (χ0n) is 9.92. The number of urea groups is 1. The molecule has 18 heavy (non-hydrogen) atoms. The summed E-state index contributed by atoms with van der Waals surface area (Å²) >= 11 is 0. The van der Waals surface area contributed by atoms with Crippen molar-refractivity contribution in [1.82, 2.24) is 15.5 Å². The number of halogens is 3. The third kappa shape index (κ3) is 1.83. The number of rotatable bonds is 0. The van der Waals surface area contributed by atoms with E-state index in [1.54, 1.807) is 0 Å². The van der Waals surface area contributed by atoms with Crippen LogP contribution in [0.15, 0.2) is 0 Å². The van der Waals surface area contributed by atoms with Crippen molar-refractivity contribution in [1.29, 1.82) is 0 Å². The van der Waals surface area contributed by atoms with Gasteiger partial charge in [-0.1, -0.05) is 0 Å². The van der Waals surface area contributed by atoms with Crippen LogP contribution in [-0.2, 0) is 0 Å². The normalized spacial score (nSPS) is 36.4. The van der Waals surface area contributed by atoms with Gasteiger partial charge in [0.1, 0.15) is 0 Å². The molecule has 2 amide bonds. The molecule has 0 radical (unpaired) electrons. The van der Waals surface area contributed by atoms with Gasteiger partial charge in [0.2, 0.25) is 0 Å². The van der Waals surface area contributed by atoms with Crippen LogP contribution in [-0.4, -0.2) is 61.0 Å². The van der Waals surface area contributed by atoms with Gasteiger partial charge >= 0.3 is 12.2 Å². The Morgan fingerprint density at radius 3 is 2.28 bits per heavy atom. The Morgan fingerprint density at radius 2 is 1.89 bits per heavy atom. The Labute approximate surface area is 102 Å². The van der Waals surface area contributed by atoms with Crippen LogP contribution < -0.4 is 10.6 Å². The summed E-state index contributed by atoms with van der Waals surface area (Å²) in [5, 5.41) is 15.3. The number of carbonyl (C=O) groups is 1. The van der Waals surface area contributed by atoms with Gasteiger partial charge in [-0.3, -0.25) is 0 Å². The van der Waals surface area contributed by atoms with E-state index in [0.29, 0.717) is 0 Å². The summed E-state index contributed by atoms with van der Waals surface area (Å²) in [6.07, 6.45) is -4.67. The first kappa shape index (κ1) is 13.4. The molecule has 2 atom stereocenters. The molecule has 5 nitrogen and oxygen atoms in total. The minimum absolute atomic E-state index is 0.0556. The highest BCUT2D eigenvalue weighted by Gasteiger charge is 2.66. The van der Waals surface area contributed by atoms with Crippen molar-refractivity contribution in [3.63, 3.8) is 0 Å². The lowest BCUT2D eigenvalue weighted by molar-refractivity contribution is -0.314. The third-order valence-electron chi connectivity index (χ3n) is 3.86. The number of likely N-dealkylation sites (tertiary alicyclic amines) is 1. The second kappa shape index (κ2) is 4.27. The Bertz CT molecular complexity index is 334. The van der Waals surface area contributed by atoms with Crippen molar-refractivity contribution >= 4 is 6.03 Å². The van der Waals surface area contributed by atoms with Crippen LogP contribution in [0.2, 0.25) is 0 Å². The van der Waals surface area contributed by atoms with Crippen LogP contribution in [0, 0.1) is 11.8 Å². The van der Waals surface area contributed by atoms with Crippen LogP contribution in [0.5, 0.6) is 0 Å². The number of hydrogen-bond donors (Lipinski definition) is 3. The lowest BCUT2D eigenvalue weighted by atomic mass is 9.70. The Morgan fingerprint density at radius 1 is 1.39 bits per heavy atom. The summed E-state index contributed by atoms with van der Waals surface area (Å²) < 4.78 is 39.2. The minimum Gasteiger partial charge on any atom is -0.380 e. The summed E-state index contributed by atoms with van der Waals surface area (Å²) in [6, 6.07) is -0.406. The molecule has 2 fully saturated rings. The van der Waals surface area contributed by atoms with Crippen LogP contribution in [0.4, 0.5) is 18.0 Å². The molecule has 2 aliphatic rings. The number of carbonyl (C=O) groups excluding carboxylic acids is 1. The Kier molecular flexibility index (Phi) is 3.18. The van der Waals surface area contributed by atoms with E-state index in [1.165, 1.54) is 11.9 Å². The van der Waals surface area contributed by atoms with Crippen LogP contribution >= 0.6 is 0 Å². The maximum absolute atomic E-state index is 13.1. The van der Waals surface area contributed by atoms with E-state index >= 15 is 0 Å². The van der Waals surface area contributed by atoms with Crippen molar-refractivity contribution in [2.75, 3.05) is 33.2 Å². The molecule has 8 heteroatoms. The summed E-state index contributed by atoms with van der Waals surface area (Å²) in [7, 11) is 1.43. The fourth-order valence-corrected chi connectivity index (χ4v) is 2.88. The Balaban J connectivity index is 2.26. The standard InChI is InChI=1S/C10H16F3N3O2/c1-14-8(17)16-4-6-2-15-3-7(5-16)9(6,18)10(11,12)13/h6-7,15,18H,2-5H2,1H3,(H,14,17). The predicted molar refractivity (Wildman–Crippen MR) is 56.9 cm³/mol. The molecule has 0 aromatic carbocycles. The van der Waals surface area contributed by atoms with E-state index in [0.717, 1.165) is 0 Å². The van der Waals surface area contributed by atoms with Crippen molar-refractivity contribution in [3.8, 4) is 0 Å². The number of nitrogens with one attached hydrogen (secondary N) is 2. The number of amides is 2. The first-order chi connectivity index (χ1) is 8.30. The first-order valence-corrected chi connectivity index (χ1v) is 5.77. The molecule has 0 spiro atoms. The Hall–Kier alpha value is -1.02. The lowest BCUT2D eigenvalue weighted by Gasteiger charge is -2.53. The topological polar surface area (TPSA) is 64.6 Å². The fourth-order valence-electron chi connectivity index (χ4n) is 2.88. The number of alkyl halides is 3. The number of hydrogen-bond acceptors (Lipinski definition) is 3. The average Bonchev–Trinajstić information content (AvgIpc) is 2.26. The van der Waals surface area contributed by atoms with Crippen LogP contribution in [0.25, 0.3) is 0 Å². The van der Waals surface area contributed by atoms with Crippen molar-refractivity contribution in [3.05, 3.63) is 0 Å². The molecule has 2 heterocycles. The molecule has 0 saturated carbocycles. The predicted octanol–water partition coefficient (Wildman–Crippen LogP) is -0.230.